The first-order valence-electron chi connectivity index (χ1n) is 8.21. The standard InChI is InChI=1S/C17H34N2/c1-4-6-8-10-12-14-16(3)17(19-18)15-13-11-9-7-5-2/h3-15,18H2,1-2H3. The largest absolute Gasteiger partial charge is 0.323 e. The Hall–Kier alpha value is -0.790. The highest BCUT2D eigenvalue weighted by molar-refractivity contribution is 5.99. The molecule has 0 aliphatic heterocycles. The van der Waals surface area contributed by atoms with E-state index in [0.717, 1.165) is 24.1 Å². The molecule has 2 N–H and O–H groups in total. The van der Waals surface area contributed by atoms with E-state index in [0.29, 0.717) is 0 Å². The minimum atomic E-state index is 1.01. The van der Waals surface area contributed by atoms with Gasteiger partial charge in [0.05, 0.1) is 5.71 Å². The third-order valence-electron chi connectivity index (χ3n) is 3.66. The normalized spacial score (nSPS) is 11.8. The van der Waals surface area contributed by atoms with Gasteiger partial charge < -0.3 is 5.84 Å². The van der Waals surface area contributed by atoms with Gasteiger partial charge in [0.2, 0.25) is 0 Å². The first-order valence-corrected chi connectivity index (χ1v) is 8.21. The van der Waals surface area contributed by atoms with Gasteiger partial charge >= 0.3 is 0 Å². The van der Waals surface area contributed by atoms with E-state index in [-0.39, 0.29) is 0 Å². The zero-order chi connectivity index (χ0) is 14.3. The highest BCUT2D eigenvalue weighted by Gasteiger charge is 2.04. The number of rotatable bonds is 13. The van der Waals surface area contributed by atoms with E-state index in [1.54, 1.807) is 0 Å². The second kappa shape index (κ2) is 13.6. The molecular weight excluding hydrogens is 232 g/mol. The van der Waals surface area contributed by atoms with Crippen molar-refractivity contribution in [3.63, 3.8) is 0 Å². The number of hydrazone groups is 1. The maximum absolute atomic E-state index is 5.49. The summed E-state index contributed by atoms with van der Waals surface area (Å²) < 4.78 is 0. The molecule has 0 unspecified atom stereocenters. The average Bonchev–Trinajstić information content (AvgIpc) is 2.42. The van der Waals surface area contributed by atoms with E-state index in [1.807, 2.05) is 0 Å². The van der Waals surface area contributed by atoms with Crippen LogP contribution < -0.4 is 5.84 Å². The molecule has 0 bridgehead atoms. The maximum Gasteiger partial charge on any atom is 0.0626 e. The van der Waals surface area contributed by atoms with Crippen molar-refractivity contribution >= 4 is 5.71 Å². The van der Waals surface area contributed by atoms with Crippen LogP contribution in [0.25, 0.3) is 0 Å². The molecule has 0 saturated carbocycles. The highest BCUT2D eigenvalue weighted by Crippen LogP contribution is 2.15. The smallest absolute Gasteiger partial charge is 0.0626 e. The number of unbranched alkanes of at least 4 members (excludes halogenated alkanes) is 8. The van der Waals surface area contributed by atoms with Gasteiger partial charge in [-0.25, -0.2) is 0 Å². The molecular formula is C17H34N2. The van der Waals surface area contributed by atoms with Crippen LogP contribution in [0.4, 0.5) is 0 Å². The van der Waals surface area contributed by atoms with Gasteiger partial charge in [0, 0.05) is 0 Å². The summed E-state index contributed by atoms with van der Waals surface area (Å²) in [5.74, 6) is 5.49. The Morgan fingerprint density at radius 2 is 1.26 bits per heavy atom. The summed E-state index contributed by atoms with van der Waals surface area (Å²) in [6, 6.07) is 0. The predicted octanol–water partition coefficient (Wildman–Crippen LogP) is 5.58. The Kier molecular flexibility index (Phi) is 13.1. The number of nitrogens with zero attached hydrogens (tertiary/aromatic N) is 1. The Bertz CT molecular complexity index is 244. The first-order chi connectivity index (χ1) is 9.26. The van der Waals surface area contributed by atoms with Crippen LogP contribution >= 0.6 is 0 Å². The van der Waals surface area contributed by atoms with Gasteiger partial charge in [-0.05, 0) is 31.3 Å². The third-order valence-corrected chi connectivity index (χ3v) is 3.66. The lowest BCUT2D eigenvalue weighted by atomic mass is 9.99. The number of nitrogens with two attached hydrogens (primary N) is 1. The molecule has 0 fully saturated rings. The van der Waals surface area contributed by atoms with Crippen LogP contribution in [0.5, 0.6) is 0 Å². The molecule has 0 aliphatic rings. The number of hydrogen-bond acceptors (Lipinski definition) is 2. The van der Waals surface area contributed by atoms with Crippen LogP contribution in [0.1, 0.15) is 90.9 Å². The highest BCUT2D eigenvalue weighted by atomic mass is 15.1. The van der Waals surface area contributed by atoms with E-state index in [9.17, 15) is 0 Å². The first kappa shape index (κ1) is 18.2. The summed E-state index contributed by atoms with van der Waals surface area (Å²) in [7, 11) is 0. The van der Waals surface area contributed by atoms with E-state index in [1.165, 1.54) is 64.2 Å². The topological polar surface area (TPSA) is 38.4 Å². The van der Waals surface area contributed by atoms with E-state index < -0.39 is 0 Å². The van der Waals surface area contributed by atoms with Crippen LogP contribution in [0.3, 0.4) is 0 Å². The van der Waals surface area contributed by atoms with Gasteiger partial charge in [-0.15, -0.1) is 0 Å². The Morgan fingerprint density at radius 1 is 0.789 bits per heavy atom. The fraction of sp³-hybridized carbons (Fsp3) is 0.824. The molecule has 0 aromatic heterocycles. The molecule has 0 aromatic carbocycles. The molecule has 0 heterocycles. The van der Waals surface area contributed by atoms with Crippen molar-refractivity contribution in [3.8, 4) is 0 Å². The van der Waals surface area contributed by atoms with Crippen molar-refractivity contribution in [2.24, 2.45) is 10.9 Å². The van der Waals surface area contributed by atoms with Crippen LogP contribution in [0, 0.1) is 0 Å². The van der Waals surface area contributed by atoms with Crippen molar-refractivity contribution in [2.75, 3.05) is 0 Å². The second-order valence-electron chi connectivity index (χ2n) is 5.51. The van der Waals surface area contributed by atoms with Crippen molar-refractivity contribution in [3.05, 3.63) is 12.2 Å². The SMILES string of the molecule is C=C(CCCCCCC)C(CCCCCCC)=NN. The van der Waals surface area contributed by atoms with Crippen LogP contribution in [0.15, 0.2) is 17.3 Å². The quantitative estimate of drug-likeness (QED) is 0.201. The lowest BCUT2D eigenvalue weighted by Crippen LogP contribution is -2.05. The molecule has 0 amide bonds. The molecule has 0 atom stereocenters. The predicted molar refractivity (Wildman–Crippen MR) is 87.5 cm³/mol. The molecule has 2 nitrogen and oxygen atoms in total. The summed E-state index contributed by atoms with van der Waals surface area (Å²) in [6.45, 7) is 8.64. The Labute approximate surface area is 120 Å². The Balaban J connectivity index is 3.67. The minimum Gasteiger partial charge on any atom is -0.323 e. The van der Waals surface area contributed by atoms with Gasteiger partial charge in [-0.1, -0.05) is 71.8 Å². The van der Waals surface area contributed by atoms with E-state index in [2.05, 4.69) is 25.5 Å². The van der Waals surface area contributed by atoms with E-state index >= 15 is 0 Å². The molecule has 0 saturated heterocycles. The monoisotopic (exact) mass is 266 g/mol. The van der Waals surface area contributed by atoms with Crippen molar-refractivity contribution in [1.29, 1.82) is 0 Å². The summed E-state index contributed by atoms with van der Waals surface area (Å²) in [5, 5.41) is 3.94. The van der Waals surface area contributed by atoms with Gasteiger partial charge in [0.1, 0.15) is 0 Å². The molecule has 0 spiro atoms. The molecule has 112 valence electrons. The maximum atomic E-state index is 5.49. The third kappa shape index (κ3) is 10.8. The van der Waals surface area contributed by atoms with Crippen molar-refractivity contribution in [1.82, 2.24) is 0 Å². The fourth-order valence-corrected chi connectivity index (χ4v) is 2.31. The molecule has 0 aromatic rings. The summed E-state index contributed by atoms with van der Waals surface area (Å²) in [5.41, 5.74) is 2.21. The zero-order valence-corrected chi connectivity index (χ0v) is 13.2. The molecule has 2 heteroatoms. The Morgan fingerprint density at radius 3 is 1.74 bits per heavy atom. The average molecular weight is 266 g/mol. The van der Waals surface area contributed by atoms with Gasteiger partial charge in [-0.2, -0.15) is 5.10 Å². The van der Waals surface area contributed by atoms with Crippen molar-refractivity contribution in [2.45, 2.75) is 90.9 Å². The van der Waals surface area contributed by atoms with Gasteiger partial charge in [0.25, 0.3) is 0 Å². The molecule has 0 aliphatic carbocycles. The van der Waals surface area contributed by atoms with Gasteiger partial charge in [-0.3, -0.25) is 0 Å². The summed E-state index contributed by atoms with van der Waals surface area (Å²) >= 11 is 0. The van der Waals surface area contributed by atoms with E-state index in [4.69, 9.17) is 5.84 Å². The lowest BCUT2D eigenvalue weighted by Gasteiger charge is -2.09. The second-order valence-corrected chi connectivity index (χ2v) is 5.51. The number of hydrogen-bond donors (Lipinski definition) is 1. The van der Waals surface area contributed by atoms with Crippen LogP contribution in [-0.4, -0.2) is 5.71 Å². The fourth-order valence-electron chi connectivity index (χ4n) is 2.31. The minimum absolute atomic E-state index is 1.01. The van der Waals surface area contributed by atoms with Crippen LogP contribution in [-0.2, 0) is 0 Å². The number of allylic oxidation sites excluding steroid dienone is 1. The summed E-state index contributed by atoms with van der Waals surface area (Å²) in [4.78, 5) is 0. The van der Waals surface area contributed by atoms with Gasteiger partial charge in [0.15, 0.2) is 0 Å². The molecule has 0 rings (SSSR count). The summed E-state index contributed by atoms with van der Waals surface area (Å²) in [6.07, 6.45) is 15.1. The van der Waals surface area contributed by atoms with Crippen LogP contribution in [0.2, 0.25) is 0 Å². The zero-order valence-electron chi connectivity index (χ0n) is 13.2. The lowest BCUT2D eigenvalue weighted by molar-refractivity contribution is 0.630. The molecule has 19 heavy (non-hydrogen) atoms. The van der Waals surface area contributed by atoms with Crippen molar-refractivity contribution < 1.29 is 0 Å². The molecule has 0 radical (unpaired) electrons.